The number of nitrogens with zero attached hydrogens (tertiary/aromatic N) is 4. The molecule has 9 heteroatoms. The number of aromatic nitrogens is 4. The van der Waals surface area contributed by atoms with Gasteiger partial charge in [0.1, 0.15) is 6.33 Å². The van der Waals surface area contributed by atoms with E-state index in [-0.39, 0.29) is 39.2 Å². The van der Waals surface area contributed by atoms with Crippen LogP contribution in [0.25, 0.3) is 0 Å². The summed E-state index contributed by atoms with van der Waals surface area (Å²) < 4.78 is 15.3. The van der Waals surface area contributed by atoms with Crippen LogP contribution in [0.5, 0.6) is 0 Å². The predicted molar refractivity (Wildman–Crippen MR) is 168 cm³/mol. The van der Waals surface area contributed by atoms with Gasteiger partial charge in [-0.2, -0.15) is 0 Å². The summed E-state index contributed by atoms with van der Waals surface area (Å²) in [5.74, 6) is 0.445. The number of aliphatic carboxylic acids is 1. The fraction of sp³-hybridized carbons (Fsp3) is 0.886. The van der Waals surface area contributed by atoms with Crippen LogP contribution in [0.15, 0.2) is 18.0 Å². The van der Waals surface area contributed by atoms with Crippen molar-refractivity contribution in [2.45, 2.75) is 119 Å². The Hall–Kier alpha value is -1.84. The minimum atomic E-state index is -0.620. The molecule has 2 bridgehead atoms. The van der Waals surface area contributed by atoms with Gasteiger partial charge in [0.25, 0.3) is 0 Å². The Bertz CT molecular complexity index is 1290. The molecule has 9 nitrogen and oxygen atoms in total. The van der Waals surface area contributed by atoms with Gasteiger partial charge in [0.2, 0.25) is 0 Å². The molecule has 1 aliphatic heterocycles. The number of hydrogen-bond donors (Lipinski definition) is 2. The van der Waals surface area contributed by atoms with Gasteiger partial charge in [-0.15, -0.1) is 5.10 Å². The lowest BCUT2D eigenvalue weighted by Gasteiger charge is -2.71. The SMILES string of the molecule is CC(C)[C@@H](C)[C@@]1(C)CC[C@]2(C)[C@H]3CC[C@@H]4[C@@]5(COC[C@]4(C)[C@@H](OCC(C)(C)N)[C@H](n4cnnn4)C5)C3=CC[C@@]2(C)[C@@H]1C(=O)O. The van der Waals surface area contributed by atoms with Crippen molar-refractivity contribution in [3.63, 3.8) is 0 Å². The van der Waals surface area contributed by atoms with Gasteiger partial charge in [-0.1, -0.05) is 60.1 Å². The number of fused-ring (bicyclic) bond motifs is 3. The van der Waals surface area contributed by atoms with Gasteiger partial charge >= 0.3 is 5.97 Å². The molecule has 5 aliphatic rings. The van der Waals surface area contributed by atoms with Crippen molar-refractivity contribution < 1.29 is 19.4 Å². The molecular weight excluding hydrogens is 554 g/mol. The second-order valence-electron chi connectivity index (χ2n) is 17.6. The van der Waals surface area contributed by atoms with Gasteiger partial charge in [-0.3, -0.25) is 4.79 Å². The van der Waals surface area contributed by atoms with Gasteiger partial charge in [-0.05, 0) is 103 Å². The van der Waals surface area contributed by atoms with Crippen molar-refractivity contribution in [2.75, 3.05) is 19.8 Å². The van der Waals surface area contributed by atoms with E-state index in [2.05, 4.69) is 70.1 Å². The minimum absolute atomic E-state index is 0.0495. The van der Waals surface area contributed by atoms with E-state index in [0.717, 1.165) is 38.5 Å². The molecule has 1 aromatic heterocycles. The maximum Gasteiger partial charge on any atom is 0.307 e. The second kappa shape index (κ2) is 10.3. The lowest BCUT2D eigenvalue weighted by atomic mass is 9.34. The summed E-state index contributed by atoms with van der Waals surface area (Å²) in [5, 5.41) is 23.4. The fourth-order valence-corrected chi connectivity index (χ4v) is 11.8. The summed E-state index contributed by atoms with van der Waals surface area (Å²) in [4.78, 5) is 13.4. The molecule has 0 amide bonds. The Morgan fingerprint density at radius 2 is 1.89 bits per heavy atom. The van der Waals surface area contributed by atoms with Crippen LogP contribution in [0.4, 0.5) is 0 Å². The summed E-state index contributed by atoms with van der Waals surface area (Å²) >= 11 is 0. The molecule has 246 valence electrons. The smallest absolute Gasteiger partial charge is 0.307 e. The Labute approximate surface area is 264 Å². The van der Waals surface area contributed by atoms with E-state index < -0.39 is 17.4 Å². The molecule has 3 N–H and O–H groups in total. The molecule has 0 aromatic carbocycles. The number of tetrazole rings is 1. The zero-order valence-corrected chi connectivity index (χ0v) is 28.6. The summed E-state index contributed by atoms with van der Waals surface area (Å²) in [6, 6.07) is -0.0495. The first-order valence-corrected chi connectivity index (χ1v) is 17.1. The highest BCUT2D eigenvalue weighted by molar-refractivity contribution is 5.73. The van der Waals surface area contributed by atoms with Gasteiger partial charge in [0.15, 0.2) is 0 Å². The van der Waals surface area contributed by atoms with Crippen LogP contribution in [-0.2, 0) is 14.3 Å². The third-order valence-electron chi connectivity index (χ3n) is 14.4. The van der Waals surface area contributed by atoms with Crippen LogP contribution in [0.1, 0.15) is 107 Å². The molecule has 0 radical (unpaired) electrons. The number of ether oxygens (including phenoxy) is 2. The van der Waals surface area contributed by atoms with E-state index >= 15 is 0 Å². The van der Waals surface area contributed by atoms with Crippen molar-refractivity contribution in [3.8, 4) is 0 Å². The first-order valence-electron chi connectivity index (χ1n) is 17.1. The molecular formula is C35H57N5O4. The number of rotatable bonds is 7. The summed E-state index contributed by atoms with van der Waals surface area (Å²) in [6.45, 7) is 21.9. The standard InChI is InChI=1S/C35H57N5O4/c1-21(2)22(3)31(6)14-15-33(8)23-10-11-26-32(7)18-43-19-35(26,24(23)12-13-34(33,9)27(31)29(41)42)16-25(40-20-37-38-39-40)28(32)44-17-30(4,5)36/h12,20-23,25-28H,10-11,13-19,36H2,1-9H3,(H,41,42)/t22-,23+,25-,26+,27-,28+,31-,32+,33-,34+,35+/m1/s1. The van der Waals surface area contributed by atoms with Crippen LogP contribution >= 0.6 is 0 Å². The molecule has 4 fully saturated rings. The van der Waals surface area contributed by atoms with E-state index in [9.17, 15) is 9.90 Å². The van der Waals surface area contributed by atoms with Gasteiger partial charge in [0.05, 0.1) is 37.9 Å². The molecule has 0 unspecified atom stereocenters. The molecule has 11 atom stereocenters. The maximum absolute atomic E-state index is 13.4. The van der Waals surface area contributed by atoms with Crippen molar-refractivity contribution in [1.29, 1.82) is 0 Å². The molecule has 1 aromatic rings. The normalized spacial score (nSPS) is 46.0. The highest BCUT2D eigenvalue weighted by Crippen LogP contribution is 2.75. The Morgan fingerprint density at radius 1 is 1.16 bits per heavy atom. The van der Waals surface area contributed by atoms with E-state index in [1.807, 2.05) is 18.5 Å². The average Bonchev–Trinajstić information content (AvgIpc) is 3.46. The summed E-state index contributed by atoms with van der Waals surface area (Å²) in [5.41, 5.74) is 6.36. The molecule has 3 saturated carbocycles. The zero-order chi connectivity index (χ0) is 32.1. The van der Waals surface area contributed by atoms with E-state index in [4.69, 9.17) is 15.2 Å². The van der Waals surface area contributed by atoms with Crippen LogP contribution < -0.4 is 5.73 Å². The Balaban J connectivity index is 1.45. The van der Waals surface area contributed by atoms with Crippen molar-refractivity contribution in [3.05, 3.63) is 18.0 Å². The maximum atomic E-state index is 13.4. The van der Waals surface area contributed by atoms with Crippen LogP contribution in [0, 0.1) is 56.7 Å². The third kappa shape index (κ3) is 4.34. The summed E-state index contributed by atoms with van der Waals surface area (Å²) in [7, 11) is 0. The van der Waals surface area contributed by atoms with Crippen LogP contribution in [0.2, 0.25) is 0 Å². The topological polar surface area (TPSA) is 125 Å². The van der Waals surface area contributed by atoms with Crippen LogP contribution in [-0.4, -0.2) is 62.7 Å². The molecule has 44 heavy (non-hydrogen) atoms. The first-order chi connectivity index (χ1) is 20.4. The molecule has 4 aliphatic carbocycles. The predicted octanol–water partition coefficient (Wildman–Crippen LogP) is 5.93. The summed E-state index contributed by atoms with van der Waals surface area (Å²) in [6.07, 6.45) is 9.87. The minimum Gasteiger partial charge on any atom is -0.481 e. The van der Waals surface area contributed by atoms with Gasteiger partial charge in [-0.25, -0.2) is 4.68 Å². The quantitative estimate of drug-likeness (QED) is 0.364. The van der Waals surface area contributed by atoms with Crippen molar-refractivity contribution >= 4 is 5.97 Å². The molecule has 0 spiro atoms. The Morgan fingerprint density at radius 3 is 2.50 bits per heavy atom. The Kier molecular flexibility index (Phi) is 7.54. The number of hydrogen-bond acceptors (Lipinski definition) is 7. The van der Waals surface area contributed by atoms with Crippen LogP contribution in [0.3, 0.4) is 0 Å². The molecule has 2 heterocycles. The monoisotopic (exact) mass is 611 g/mol. The number of allylic oxidation sites excluding steroid dienone is 1. The lowest BCUT2D eigenvalue weighted by molar-refractivity contribution is -0.252. The fourth-order valence-electron chi connectivity index (χ4n) is 11.8. The third-order valence-corrected chi connectivity index (χ3v) is 14.4. The lowest BCUT2D eigenvalue weighted by Crippen LogP contribution is -2.69. The number of carboxylic acid groups (broad SMARTS) is 1. The van der Waals surface area contributed by atoms with Gasteiger partial charge < -0.3 is 20.3 Å². The van der Waals surface area contributed by atoms with Crippen molar-refractivity contribution in [2.24, 2.45) is 62.4 Å². The largest absolute Gasteiger partial charge is 0.481 e. The molecule has 1 saturated heterocycles. The number of nitrogens with two attached hydrogens (primary N) is 1. The van der Waals surface area contributed by atoms with Gasteiger partial charge in [0, 0.05) is 16.4 Å². The zero-order valence-electron chi connectivity index (χ0n) is 28.6. The second-order valence-corrected chi connectivity index (χ2v) is 17.6. The van der Waals surface area contributed by atoms with Crippen molar-refractivity contribution in [1.82, 2.24) is 20.2 Å². The average molecular weight is 612 g/mol. The highest BCUT2D eigenvalue weighted by atomic mass is 16.5. The number of carboxylic acids is 1. The molecule has 6 rings (SSSR count). The van der Waals surface area contributed by atoms with E-state index in [1.54, 1.807) is 6.33 Å². The highest BCUT2D eigenvalue weighted by Gasteiger charge is 2.72. The first kappa shape index (κ1) is 32.1. The van der Waals surface area contributed by atoms with E-state index in [1.165, 1.54) is 5.57 Å². The van der Waals surface area contributed by atoms with E-state index in [0.29, 0.717) is 43.5 Å². The number of carbonyl (C=O) groups is 1.